The molecule has 7 heteroatoms. The molecule has 100 valence electrons. The van der Waals surface area contributed by atoms with Crippen molar-refractivity contribution in [2.75, 3.05) is 44.4 Å². The highest BCUT2D eigenvalue weighted by atomic mass is 32.1. The van der Waals surface area contributed by atoms with Crippen molar-refractivity contribution in [2.45, 2.75) is 12.8 Å². The molecule has 0 unspecified atom stereocenters. The quantitative estimate of drug-likeness (QED) is 0.781. The highest BCUT2D eigenvalue weighted by Gasteiger charge is 2.24. The molecule has 1 aromatic heterocycles. The molecule has 0 aromatic carbocycles. The third-order valence-corrected chi connectivity index (χ3v) is 3.84. The van der Waals surface area contributed by atoms with Gasteiger partial charge in [0.2, 0.25) is 0 Å². The normalized spacial score (nSPS) is 15.1. The molecule has 0 bridgehead atoms. The minimum Gasteiger partial charge on any atom is -0.383 e. The summed E-state index contributed by atoms with van der Waals surface area (Å²) < 4.78 is 4.94. The molecule has 0 atom stereocenters. The van der Waals surface area contributed by atoms with Gasteiger partial charge in [-0.1, -0.05) is 11.3 Å². The van der Waals surface area contributed by atoms with E-state index in [2.05, 4.69) is 10.3 Å². The van der Waals surface area contributed by atoms with Crippen molar-refractivity contribution < 1.29 is 9.53 Å². The van der Waals surface area contributed by atoms with Gasteiger partial charge in [0.05, 0.1) is 6.61 Å². The molecule has 0 radical (unpaired) electrons. The summed E-state index contributed by atoms with van der Waals surface area (Å²) in [6.07, 6.45) is 2.15. The van der Waals surface area contributed by atoms with Gasteiger partial charge in [0, 0.05) is 26.7 Å². The van der Waals surface area contributed by atoms with Gasteiger partial charge in [-0.15, -0.1) is 0 Å². The summed E-state index contributed by atoms with van der Waals surface area (Å²) in [5, 5.41) is 3.76. The van der Waals surface area contributed by atoms with Gasteiger partial charge in [-0.2, -0.15) is 0 Å². The highest BCUT2D eigenvalue weighted by Crippen LogP contribution is 2.27. The van der Waals surface area contributed by atoms with E-state index >= 15 is 0 Å². The fraction of sp³-hybridized carbons (Fsp3) is 0.636. The van der Waals surface area contributed by atoms with Gasteiger partial charge in [0.25, 0.3) is 5.91 Å². The van der Waals surface area contributed by atoms with E-state index in [1.54, 1.807) is 7.11 Å². The second kappa shape index (κ2) is 6.01. The van der Waals surface area contributed by atoms with Gasteiger partial charge >= 0.3 is 0 Å². The van der Waals surface area contributed by atoms with Gasteiger partial charge < -0.3 is 20.7 Å². The number of nitrogens with zero attached hydrogens (tertiary/aromatic N) is 2. The van der Waals surface area contributed by atoms with E-state index in [1.807, 2.05) is 4.90 Å². The number of methoxy groups -OCH3 is 1. The summed E-state index contributed by atoms with van der Waals surface area (Å²) in [5.41, 5.74) is 5.79. The Morgan fingerprint density at radius 1 is 1.56 bits per heavy atom. The van der Waals surface area contributed by atoms with Crippen LogP contribution in [0, 0.1) is 0 Å². The van der Waals surface area contributed by atoms with Crippen molar-refractivity contribution >= 4 is 28.2 Å². The number of ether oxygens (including phenoxy) is 1. The largest absolute Gasteiger partial charge is 0.383 e. The predicted octanol–water partition coefficient (Wildman–Crippen LogP) is 1.02. The van der Waals surface area contributed by atoms with Crippen LogP contribution in [0.15, 0.2) is 0 Å². The SMILES string of the molecule is COCCNc1nc(N)c(C(=O)N2CCCC2)s1. The minimum absolute atomic E-state index is 0.00212. The number of likely N-dealkylation sites (tertiary alicyclic amines) is 1. The predicted molar refractivity (Wildman–Crippen MR) is 72.0 cm³/mol. The Balaban J connectivity index is 2.01. The second-order valence-electron chi connectivity index (χ2n) is 4.15. The first kappa shape index (κ1) is 13.1. The maximum atomic E-state index is 12.2. The Labute approximate surface area is 110 Å². The van der Waals surface area contributed by atoms with E-state index in [4.69, 9.17) is 10.5 Å². The molecule has 0 saturated carbocycles. The number of hydrogen-bond donors (Lipinski definition) is 2. The van der Waals surface area contributed by atoms with Crippen LogP contribution in [0.5, 0.6) is 0 Å². The molecule has 0 spiro atoms. The summed E-state index contributed by atoms with van der Waals surface area (Å²) >= 11 is 1.31. The zero-order chi connectivity index (χ0) is 13.0. The van der Waals surface area contributed by atoms with Crippen LogP contribution in [0.1, 0.15) is 22.5 Å². The van der Waals surface area contributed by atoms with E-state index in [0.717, 1.165) is 25.9 Å². The fourth-order valence-electron chi connectivity index (χ4n) is 1.88. The van der Waals surface area contributed by atoms with Crippen LogP contribution < -0.4 is 11.1 Å². The number of nitrogens with one attached hydrogen (secondary N) is 1. The van der Waals surface area contributed by atoms with Crippen molar-refractivity contribution in [3.63, 3.8) is 0 Å². The van der Waals surface area contributed by atoms with Crippen molar-refractivity contribution in [1.29, 1.82) is 0 Å². The summed E-state index contributed by atoms with van der Waals surface area (Å²) in [6, 6.07) is 0. The maximum absolute atomic E-state index is 12.2. The molecule has 2 rings (SSSR count). The molecule has 3 N–H and O–H groups in total. The number of carbonyl (C=O) groups is 1. The van der Waals surface area contributed by atoms with Crippen molar-refractivity contribution in [2.24, 2.45) is 0 Å². The minimum atomic E-state index is 0.00212. The molecule has 1 aromatic rings. The zero-order valence-corrected chi connectivity index (χ0v) is 11.3. The van der Waals surface area contributed by atoms with Crippen LogP contribution in [-0.2, 0) is 4.74 Å². The van der Waals surface area contributed by atoms with Gasteiger partial charge in [0.1, 0.15) is 10.7 Å². The summed E-state index contributed by atoms with van der Waals surface area (Å²) in [7, 11) is 1.64. The van der Waals surface area contributed by atoms with Gasteiger partial charge in [0.15, 0.2) is 5.13 Å². The number of amides is 1. The number of anilines is 2. The number of rotatable bonds is 5. The van der Waals surface area contributed by atoms with Gasteiger partial charge in [-0.05, 0) is 12.8 Å². The van der Waals surface area contributed by atoms with E-state index in [-0.39, 0.29) is 5.91 Å². The smallest absolute Gasteiger partial charge is 0.267 e. The second-order valence-corrected chi connectivity index (χ2v) is 5.15. The molecular weight excluding hydrogens is 252 g/mol. The zero-order valence-electron chi connectivity index (χ0n) is 10.4. The topological polar surface area (TPSA) is 80.5 Å². The molecule has 18 heavy (non-hydrogen) atoms. The number of nitrogens with two attached hydrogens (primary N) is 1. The molecular formula is C11H18N4O2S. The van der Waals surface area contributed by atoms with Gasteiger partial charge in [-0.3, -0.25) is 4.79 Å². The lowest BCUT2D eigenvalue weighted by Crippen LogP contribution is -2.27. The van der Waals surface area contributed by atoms with E-state index in [9.17, 15) is 4.79 Å². The monoisotopic (exact) mass is 270 g/mol. The van der Waals surface area contributed by atoms with Crippen molar-refractivity contribution in [3.05, 3.63) is 4.88 Å². The van der Waals surface area contributed by atoms with E-state index < -0.39 is 0 Å². The molecule has 1 fully saturated rings. The molecule has 1 aliphatic rings. The first-order valence-electron chi connectivity index (χ1n) is 6.00. The number of carbonyl (C=O) groups excluding carboxylic acids is 1. The van der Waals surface area contributed by atoms with E-state index in [1.165, 1.54) is 11.3 Å². The maximum Gasteiger partial charge on any atom is 0.267 e. The van der Waals surface area contributed by atoms with Crippen LogP contribution in [0.25, 0.3) is 0 Å². The van der Waals surface area contributed by atoms with Crippen molar-refractivity contribution in [3.8, 4) is 0 Å². The molecule has 6 nitrogen and oxygen atoms in total. The summed E-state index contributed by atoms with van der Waals surface area (Å²) in [6.45, 7) is 2.89. The molecule has 2 heterocycles. The third kappa shape index (κ3) is 2.91. The van der Waals surface area contributed by atoms with Crippen LogP contribution in [-0.4, -0.2) is 49.1 Å². The standard InChI is InChI=1S/C11H18N4O2S/c1-17-7-4-13-11-14-9(12)8(18-11)10(16)15-5-2-3-6-15/h2-7,12H2,1H3,(H,13,14). The average molecular weight is 270 g/mol. The third-order valence-electron chi connectivity index (χ3n) is 2.82. The highest BCUT2D eigenvalue weighted by molar-refractivity contribution is 7.18. The van der Waals surface area contributed by atoms with Crippen LogP contribution in [0.4, 0.5) is 10.9 Å². The van der Waals surface area contributed by atoms with Crippen LogP contribution in [0.3, 0.4) is 0 Å². The number of aromatic nitrogens is 1. The Morgan fingerprint density at radius 3 is 2.94 bits per heavy atom. The number of thiazole rings is 1. The Kier molecular flexibility index (Phi) is 4.38. The lowest BCUT2D eigenvalue weighted by atomic mass is 10.4. The van der Waals surface area contributed by atoms with Crippen LogP contribution in [0.2, 0.25) is 0 Å². The molecule has 1 saturated heterocycles. The first-order valence-corrected chi connectivity index (χ1v) is 6.82. The fourth-order valence-corrected chi connectivity index (χ4v) is 2.76. The summed E-state index contributed by atoms with van der Waals surface area (Å²) in [4.78, 5) is 18.7. The first-order chi connectivity index (χ1) is 8.72. The molecule has 1 aliphatic heterocycles. The Hall–Kier alpha value is -1.34. The molecule has 1 amide bonds. The lowest BCUT2D eigenvalue weighted by Gasteiger charge is -2.13. The lowest BCUT2D eigenvalue weighted by molar-refractivity contribution is 0.0798. The number of hydrogen-bond acceptors (Lipinski definition) is 6. The summed E-state index contributed by atoms with van der Waals surface area (Å²) in [5.74, 6) is 0.319. The van der Waals surface area contributed by atoms with Crippen LogP contribution >= 0.6 is 11.3 Å². The number of nitrogen functional groups attached to an aromatic ring is 1. The Morgan fingerprint density at radius 2 is 2.28 bits per heavy atom. The van der Waals surface area contributed by atoms with E-state index in [0.29, 0.717) is 29.0 Å². The Bertz CT molecular complexity index is 415. The molecule has 0 aliphatic carbocycles. The van der Waals surface area contributed by atoms with Gasteiger partial charge in [-0.25, -0.2) is 4.98 Å². The average Bonchev–Trinajstić information content (AvgIpc) is 2.98. The van der Waals surface area contributed by atoms with Crippen molar-refractivity contribution in [1.82, 2.24) is 9.88 Å².